The molecule has 1 rings (SSSR count). The van der Waals surface area contributed by atoms with Crippen LogP contribution in [-0.4, -0.2) is 31.0 Å². The second kappa shape index (κ2) is 5.75. The molecule has 0 heterocycles. The van der Waals surface area contributed by atoms with Crippen LogP contribution in [0, 0.1) is 0 Å². The third kappa shape index (κ3) is 3.14. The van der Waals surface area contributed by atoms with Gasteiger partial charge in [-0.2, -0.15) is 0 Å². The molecule has 1 aromatic rings. The lowest BCUT2D eigenvalue weighted by Crippen LogP contribution is -2.37. The van der Waals surface area contributed by atoms with Gasteiger partial charge in [-0.15, -0.1) is 0 Å². The standard InChI is InChI=1S/C12H16ClNO2/c1-4-10(12(15)14(2)3)16-11-8-6-5-7-9(11)13/h5-8,10H,4H2,1-3H3/t10-/m1/s1. The molecule has 0 aliphatic rings. The fraction of sp³-hybridized carbons (Fsp3) is 0.417. The summed E-state index contributed by atoms with van der Waals surface area (Å²) in [5, 5.41) is 0.521. The van der Waals surface area contributed by atoms with Gasteiger partial charge in [0.15, 0.2) is 6.10 Å². The van der Waals surface area contributed by atoms with Gasteiger partial charge in [-0.25, -0.2) is 0 Å². The average Bonchev–Trinajstić information content (AvgIpc) is 2.27. The number of halogens is 1. The maximum Gasteiger partial charge on any atom is 0.263 e. The minimum Gasteiger partial charge on any atom is -0.479 e. The van der Waals surface area contributed by atoms with Crippen molar-refractivity contribution in [1.82, 2.24) is 4.90 Å². The average molecular weight is 242 g/mol. The highest BCUT2D eigenvalue weighted by atomic mass is 35.5. The summed E-state index contributed by atoms with van der Waals surface area (Å²) < 4.78 is 5.59. The minimum absolute atomic E-state index is 0.0533. The van der Waals surface area contributed by atoms with Crippen LogP contribution < -0.4 is 4.74 Å². The van der Waals surface area contributed by atoms with Crippen LogP contribution >= 0.6 is 11.6 Å². The molecule has 3 nitrogen and oxygen atoms in total. The molecule has 0 aliphatic heterocycles. The largest absolute Gasteiger partial charge is 0.479 e. The number of amides is 1. The van der Waals surface area contributed by atoms with Crippen LogP contribution in [0.4, 0.5) is 0 Å². The van der Waals surface area contributed by atoms with E-state index in [0.29, 0.717) is 17.2 Å². The Morgan fingerprint density at radius 3 is 2.56 bits per heavy atom. The Kier molecular flexibility index (Phi) is 4.62. The van der Waals surface area contributed by atoms with Crippen molar-refractivity contribution in [2.75, 3.05) is 14.1 Å². The van der Waals surface area contributed by atoms with Crippen molar-refractivity contribution in [3.63, 3.8) is 0 Å². The van der Waals surface area contributed by atoms with Crippen molar-refractivity contribution in [2.24, 2.45) is 0 Å². The molecule has 1 atom stereocenters. The maximum absolute atomic E-state index is 11.7. The van der Waals surface area contributed by atoms with E-state index < -0.39 is 6.10 Å². The van der Waals surface area contributed by atoms with Crippen molar-refractivity contribution in [1.29, 1.82) is 0 Å². The number of nitrogens with zero attached hydrogens (tertiary/aromatic N) is 1. The first-order chi connectivity index (χ1) is 7.56. The number of hydrogen-bond acceptors (Lipinski definition) is 2. The lowest BCUT2D eigenvalue weighted by Gasteiger charge is -2.21. The molecule has 0 bridgehead atoms. The number of ether oxygens (including phenoxy) is 1. The van der Waals surface area contributed by atoms with E-state index in [0.717, 1.165) is 0 Å². The highest BCUT2D eigenvalue weighted by Crippen LogP contribution is 2.25. The zero-order valence-corrected chi connectivity index (χ0v) is 10.5. The van der Waals surface area contributed by atoms with E-state index in [1.54, 1.807) is 26.2 Å². The second-order valence-corrected chi connectivity index (χ2v) is 4.09. The van der Waals surface area contributed by atoms with Crippen LogP contribution in [0.25, 0.3) is 0 Å². The van der Waals surface area contributed by atoms with Crippen LogP contribution in [0.2, 0.25) is 5.02 Å². The molecule has 1 amide bonds. The Morgan fingerprint density at radius 1 is 1.44 bits per heavy atom. The second-order valence-electron chi connectivity index (χ2n) is 3.68. The molecule has 0 N–H and O–H groups in total. The van der Waals surface area contributed by atoms with Crippen LogP contribution in [0.5, 0.6) is 5.75 Å². The number of carbonyl (C=O) groups is 1. The highest BCUT2D eigenvalue weighted by Gasteiger charge is 2.20. The summed E-state index contributed by atoms with van der Waals surface area (Å²) in [6.45, 7) is 1.91. The number of likely N-dealkylation sites (N-methyl/N-ethyl adjacent to an activating group) is 1. The number of carbonyl (C=O) groups excluding carboxylic acids is 1. The van der Waals surface area contributed by atoms with Crippen LogP contribution in [0.1, 0.15) is 13.3 Å². The van der Waals surface area contributed by atoms with Gasteiger partial charge in [0, 0.05) is 14.1 Å². The number of para-hydroxylation sites is 1. The topological polar surface area (TPSA) is 29.5 Å². The van der Waals surface area contributed by atoms with Gasteiger partial charge in [0.05, 0.1) is 5.02 Å². The van der Waals surface area contributed by atoms with Gasteiger partial charge in [-0.1, -0.05) is 30.7 Å². The number of rotatable bonds is 4. The zero-order valence-electron chi connectivity index (χ0n) is 9.74. The predicted octanol–water partition coefficient (Wildman–Crippen LogP) is 2.59. The van der Waals surface area contributed by atoms with E-state index in [4.69, 9.17) is 16.3 Å². The van der Waals surface area contributed by atoms with Crippen molar-refractivity contribution in [3.8, 4) is 5.75 Å². The SMILES string of the molecule is CC[C@@H](Oc1ccccc1Cl)C(=O)N(C)C. The normalized spacial score (nSPS) is 12.0. The summed E-state index contributed by atoms with van der Waals surface area (Å²) in [4.78, 5) is 13.3. The Bertz CT molecular complexity index is 366. The summed E-state index contributed by atoms with van der Waals surface area (Å²) in [7, 11) is 3.42. The van der Waals surface area contributed by atoms with Crippen molar-refractivity contribution in [2.45, 2.75) is 19.4 Å². The third-order valence-corrected chi connectivity index (χ3v) is 2.51. The maximum atomic E-state index is 11.7. The molecule has 0 saturated carbocycles. The summed E-state index contributed by atoms with van der Waals surface area (Å²) in [6, 6.07) is 7.15. The van der Waals surface area contributed by atoms with E-state index >= 15 is 0 Å². The molecule has 1 aromatic carbocycles. The van der Waals surface area contributed by atoms with Gasteiger partial charge >= 0.3 is 0 Å². The van der Waals surface area contributed by atoms with E-state index in [1.807, 2.05) is 19.1 Å². The Labute approximate surface area is 101 Å². The summed E-state index contributed by atoms with van der Waals surface area (Å²) in [5.74, 6) is 0.494. The number of benzene rings is 1. The molecule has 16 heavy (non-hydrogen) atoms. The van der Waals surface area contributed by atoms with Gasteiger partial charge in [0.2, 0.25) is 0 Å². The summed E-state index contributed by atoms with van der Waals surface area (Å²) in [6.07, 6.45) is 0.136. The van der Waals surface area contributed by atoms with Crippen LogP contribution in [0.15, 0.2) is 24.3 Å². The van der Waals surface area contributed by atoms with Crippen molar-refractivity contribution >= 4 is 17.5 Å². The smallest absolute Gasteiger partial charge is 0.263 e. The van der Waals surface area contributed by atoms with Gasteiger partial charge in [-0.05, 0) is 18.6 Å². The van der Waals surface area contributed by atoms with Gasteiger partial charge < -0.3 is 9.64 Å². The summed E-state index contributed by atoms with van der Waals surface area (Å²) >= 11 is 5.96. The highest BCUT2D eigenvalue weighted by molar-refractivity contribution is 6.32. The molecular weight excluding hydrogens is 226 g/mol. The van der Waals surface area contributed by atoms with E-state index in [2.05, 4.69) is 0 Å². The van der Waals surface area contributed by atoms with Gasteiger partial charge in [-0.3, -0.25) is 4.79 Å². The quantitative estimate of drug-likeness (QED) is 0.811. The molecule has 0 radical (unpaired) electrons. The molecule has 0 unspecified atom stereocenters. The first-order valence-corrected chi connectivity index (χ1v) is 5.56. The summed E-state index contributed by atoms with van der Waals surface area (Å²) in [5.41, 5.74) is 0. The van der Waals surface area contributed by atoms with Gasteiger partial charge in [0.1, 0.15) is 5.75 Å². The first-order valence-electron chi connectivity index (χ1n) is 5.18. The van der Waals surface area contributed by atoms with Crippen LogP contribution in [-0.2, 0) is 4.79 Å². The Balaban J connectivity index is 2.78. The molecule has 0 saturated heterocycles. The lowest BCUT2D eigenvalue weighted by molar-refractivity contribution is -0.136. The molecule has 0 fully saturated rings. The number of hydrogen-bond donors (Lipinski definition) is 0. The molecule has 4 heteroatoms. The first kappa shape index (κ1) is 12.8. The van der Waals surface area contributed by atoms with E-state index in [1.165, 1.54) is 4.90 Å². The molecule has 0 spiro atoms. The fourth-order valence-electron chi connectivity index (χ4n) is 1.29. The third-order valence-electron chi connectivity index (χ3n) is 2.19. The Hall–Kier alpha value is -1.22. The minimum atomic E-state index is -0.477. The molecule has 0 aliphatic carbocycles. The van der Waals surface area contributed by atoms with E-state index in [-0.39, 0.29) is 5.91 Å². The van der Waals surface area contributed by atoms with Crippen molar-refractivity contribution < 1.29 is 9.53 Å². The monoisotopic (exact) mass is 241 g/mol. The van der Waals surface area contributed by atoms with Gasteiger partial charge in [0.25, 0.3) is 5.91 Å². The molecular formula is C12H16ClNO2. The fourth-order valence-corrected chi connectivity index (χ4v) is 1.47. The molecule has 88 valence electrons. The Morgan fingerprint density at radius 2 is 2.06 bits per heavy atom. The lowest BCUT2D eigenvalue weighted by atomic mass is 10.2. The predicted molar refractivity (Wildman–Crippen MR) is 64.9 cm³/mol. The van der Waals surface area contributed by atoms with E-state index in [9.17, 15) is 4.79 Å². The zero-order chi connectivity index (χ0) is 12.1. The molecule has 0 aromatic heterocycles. The van der Waals surface area contributed by atoms with Crippen LogP contribution in [0.3, 0.4) is 0 Å². The van der Waals surface area contributed by atoms with Crippen molar-refractivity contribution in [3.05, 3.63) is 29.3 Å².